The number of hydrogen-bond donors (Lipinski definition) is 2. The summed E-state index contributed by atoms with van der Waals surface area (Å²) in [6.07, 6.45) is 3.24. The van der Waals surface area contributed by atoms with Gasteiger partial charge in [-0.1, -0.05) is 19.4 Å². The zero-order valence-electron chi connectivity index (χ0n) is 20.6. The van der Waals surface area contributed by atoms with Gasteiger partial charge < -0.3 is 13.8 Å². The molecule has 39 heavy (non-hydrogen) atoms. The van der Waals surface area contributed by atoms with E-state index in [1.165, 1.54) is 16.1 Å². The first kappa shape index (κ1) is 27.7. The Morgan fingerprint density at radius 3 is 2.64 bits per heavy atom. The summed E-state index contributed by atoms with van der Waals surface area (Å²) in [6.45, 7) is 2.30. The second-order valence-corrected chi connectivity index (χ2v) is 10.4. The molecular weight excluding hydrogens is 575 g/mol. The number of carbonyl (C=O) groups excluding carboxylic acids is 1. The monoisotopic (exact) mass is 597 g/mol. The van der Waals surface area contributed by atoms with E-state index in [1.807, 2.05) is 6.92 Å². The lowest BCUT2D eigenvalue weighted by Gasteiger charge is -2.28. The highest BCUT2D eigenvalue weighted by atomic mass is 32.2. The van der Waals surface area contributed by atoms with Gasteiger partial charge in [-0.3, -0.25) is 10.2 Å². The lowest BCUT2D eigenvalue weighted by Crippen LogP contribution is -2.35. The van der Waals surface area contributed by atoms with Crippen molar-refractivity contribution in [2.45, 2.75) is 45.7 Å². The van der Waals surface area contributed by atoms with E-state index in [0.29, 0.717) is 34.5 Å². The van der Waals surface area contributed by atoms with Gasteiger partial charge in [-0.25, -0.2) is 13.3 Å². The Bertz CT molecular complexity index is 1430. The highest BCUT2D eigenvalue weighted by Crippen LogP contribution is 2.37. The molecule has 0 saturated heterocycles. The van der Waals surface area contributed by atoms with Crippen molar-refractivity contribution in [3.63, 3.8) is 0 Å². The molecule has 1 aromatic heterocycles. The smallest absolute Gasteiger partial charge is 0.272 e. The van der Waals surface area contributed by atoms with E-state index < -0.39 is 18.2 Å². The number of amides is 1. The molecule has 14 heteroatoms. The summed E-state index contributed by atoms with van der Waals surface area (Å²) in [5.74, 6) is -0.917. The van der Waals surface area contributed by atoms with Crippen LogP contribution in [0.25, 0.3) is 11.1 Å². The summed E-state index contributed by atoms with van der Waals surface area (Å²) in [5.41, 5.74) is 3.02. The number of nitrogens with zero attached hydrogens (tertiary/aromatic N) is 3. The van der Waals surface area contributed by atoms with Gasteiger partial charge in [0.15, 0.2) is 42.1 Å². The average molecular weight is 598 g/mol. The molecule has 3 aromatic rings. The third-order valence-electron chi connectivity index (χ3n) is 7.16. The number of benzene rings is 2. The van der Waals surface area contributed by atoms with Crippen molar-refractivity contribution in [2.75, 3.05) is 4.72 Å². The van der Waals surface area contributed by atoms with Gasteiger partial charge in [-0.2, -0.15) is 0 Å². The first-order valence-corrected chi connectivity index (χ1v) is 14.2. The van der Waals surface area contributed by atoms with Gasteiger partial charge in [-0.15, -0.1) is 11.7 Å². The number of rotatable bonds is 10. The maximum atomic E-state index is 14.5. The lowest BCUT2D eigenvalue weighted by molar-refractivity contribution is -0.138. The van der Waals surface area contributed by atoms with Gasteiger partial charge in [0.25, 0.3) is 12.4 Å². The highest BCUT2D eigenvalue weighted by Gasteiger charge is 2.36. The molecule has 0 spiro atoms. The van der Waals surface area contributed by atoms with Gasteiger partial charge in [0.2, 0.25) is 5.91 Å². The molecule has 1 aliphatic heterocycles. The Morgan fingerprint density at radius 1 is 1.21 bits per heavy atom. The molecular formula is C25H23F4N5O2S3. The molecule has 0 atom stereocenters. The van der Waals surface area contributed by atoms with Crippen LogP contribution in [0.2, 0.25) is 0 Å². The minimum absolute atomic E-state index is 0.0108. The van der Waals surface area contributed by atoms with Crippen LogP contribution < -0.4 is 8.91 Å². The van der Waals surface area contributed by atoms with Crippen LogP contribution in [-0.4, -0.2) is 25.5 Å². The molecule has 1 fully saturated rings. The number of carbonyl (C=O) groups is 1. The minimum Gasteiger partial charge on any atom is -0.394 e. The molecule has 1 amide bonds. The van der Waals surface area contributed by atoms with Crippen molar-refractivity contribution in [3.05, 3.63) is 64.5 Å². The largest absolute Gasteiger partial charge is 0.394 e. The number of fused-ring (bicyclic) bond motifs is 1. The summed E-state index contributed by atoms with van der Waals surface area (Å²) >= 11 is -0.738. The fourth-order valence-electron chi connectivity index (χ4n) is 4.91. The number of imidazole rings is 1. The van der Waals surface area contributed by atoms with E-state index in [-0.39, 0.29) is 78.1 Å². The van der Waals surface area contributed by atoms with Crippen molar-refractivity contribution in [3.8, 4) is 16.9 Å². The molecule has 5 rings (SSSR count). The topological polar surface area (TPSA) is 83.2 Å². The van der Waals surface area contributed by atoms with Gasteiger partial charge in [0.05, 0.1) is 30.2 Å². The molecule has 2 N–H and O–H groups in total. The number of nitrogens with one attached hydrogen (secondary N) is 2. The maximum absolute atomic E-state index is 14.5. The van der Waals surface area contributed by atoms with Crippen molar-refractivity contribution in [1.29, 1.82) is 5.41 Å². The minimum atomic E-state index is -0.764. The summed E-state index contributed by atoms with van der Waals surface area (Å²) < 4.78 is 62.9. The third kappa shape index (κ3) is 5.21. The van der Waals surface area contributed by atoms with Crippen molar-refractivity contribution in [2.24, 2.45) is 5.92 Å². The first-order valence-electron chi connectivity index (χ1n) is 12.1. The Kier molecular flexibility index (Phi) is 8.33. The summed E-state index contributed by atoms with van der Waals surface area (Å²) in [7, 11) is 0. The second kappa shape index (κ2) is 11.7. The van der Waals surface area contributed by atoms with Crippen LogP contribution in [0.5, 0.6) is 5.75 Å². The molecule has 1 saturated carbocycles. The van der Waals surface area contributed by atoms with E-state index in [1.54, 1.807) is 23.1 Å². The number of aromatic nitrogens is 2. The predicted octanol–water partition coefficient (Wildman–Crippen LogP) is 7.55. The SMILES string of the molecule is CCc1cc(OSF)c(F)cc1-c1ccc(C(=N)c2nc3c(n2SF)CN(C(=O)C2CCC2)C3)c(NSF)c1. The molecule has 0 radical (unpaired) electrons. The van der Waals surface area contributed by atoms with E-state index in [4.69, 9.17) is 5.41 Å². The van der Waals surface area contributed by atoms with Crippen LogP contribution in [0.1, 0.15) is 54.5 Å². The van der Waals surface area contributed by atoms with Crippen molar-refractivity contribution >= 4 is 54.4 Å². The van der Waals surface area contributed by atoms with Crippen LogP contribution in [0, 0.1) is 17.1 Å². The van der Waals surface area contributed by atoms with Crippen LogP contribution >= 0.6 is 37.1 Å². The maximum Gasteiger partial charge on any atom is 0.272 e. The number of halogens is 4. The molecule has 2 heterocycles. The number of anilines is 1. The summed E-state index contributed by atoms with van der Waals surface area (Å²) in [4.78, 5) is 18.8. The number of aryl methyl sites for hydroxylation is 1. The van der Waals surface area contributed by atoms with E-state index in [2.05, 4.69) is 13.9 Å². The quantitative estimate of drug-likeness (QED) is 0.108. The van der Waals surface area contributed by atoms with Crippen LogP contribution in [-0.2, 0) is 24.3 Å². The van der Waals surface area contributed by atoms with Gasteiger partial charge >= 0.3 is 0 Å². The molecule has 0 bridgehead atoms. The molecule has 2 aliphatic rings. The van der Waals surface area contributed by atoms with E-state index in [0.717, 1.165) is 19.3 Å². The Hall–Kier alpha value is -2.84. The third-order valence-corrected chi connectivity index (χ3v) is 8.23. The summed E-state index contributed by atoms with van der Waals surface area (Å²) in [5, 5.41) is 8.82. The molecule has 206 valence electrons. The highest BCUT2D eigenvalue weighted by molar-refractivity contribution is 7.95. The van der Waals surface area contributed by atoms with E-state index in [9.17, 15) is 20.8 Å². The first-order chi connectivity index (χ1) is 18.9. The molecule has 7 nitrogen and oxygen atoms in total. The second-order valence-electron chi connectivity index (χ2n) is 9.27. The van der Waals surface area contributed by atoms with Crippen LogP contribution in [0.3, 0.4) is 0 Å². The van der Waals surface area contributed by atoms with Gasteiger partial charge in [0, 0.05) is 11.5 Å². The standard InChI is InChI=1S/C25H23F4N5O2S3/c1-2-13-9-22(36-39-29)18(26)10-17(13)15-6-7-16(19(8-15)32-37-27)23(30)24-31-20-11-33(12-21(20)34(24)38-28)25(35)14-4-3-5-14/h6-10,14,30,32H,2-5,11-12H2,1H3. The predicted molar refractivity (Wildman–Crippen MR) is 147 cm³/mol. The Balaban J connectivity index is 1.47. The average Bonchev–Trinajstić information content (AvgIpc) is 3.46. The zero-order valence-corrected chi connectivity index (χ0v) is 23.1. The Labute approximate surface area is 235 Å². The lowest BCUT2D eigenvalue weighted by atomic mass is 9.84. The molecule has 1 aliphatic carbocycles. The zero-order chi connectivity index (χ0) is 27.7. The molecule has 0 unspecified atom stereocenters. The van der Waals surface area contributed by atoms with Gasteiger partial charge in [-0.05, 0) is 60.2 Å². The van der Waals surface area contributed by atoms with Crippen LogP contribution in [0.4, 0.5) is 21.7 Å². The molecule has 2 aromatic carbocycles. The van der Waals surface area contributed by atoms with Crippen molar-refractivity contribution < 1.29 is 25.0 Å². The Morgan fingerprint density at radius 2 is 2.00 bits per heavy atom. The normalized spacial score (nSPS) is 14.7. The van der Waals surface area contributed by atoms with Crippen molar-refractivity contribution in [1.82, 2.24) is 13.9 Å². The summed E-state index contributed by atoms with van der Waals surface area (Å²) in [6, 6.07) is 7.36. The van der Waals surface area contributed by atoms with E-state index >= 15 is 0 Å². The van der Waals surface area contributed by atoms with Crippen LogP contribution in [0.15, 0.2) is 30.3 Å². The fraction of sp³-hybridized carbons (Fsp3) is 0.320. The fourth-order valence-corrected chi connectivity index (χ4v) is 5.81. The number of hydrogen-bond acceptors (Lipinski definition) is 8. The van der Waals surface area contributed by atoms with Gasteiger partial charge in [0.1, 0.15) is 5.71 Å².